The van der Waals surface area contributed by atoms with Gasteiger partial charge < -0.3 is 14.6 Å². The average Bonchev–Trinajstić information content (AvgIpc) is 3.39. The summed E-state index contributed by atoms with van der Waals surface area (Å²) in [6.07, 6.45) is 1.65. The number of aromatic nitrogens is 2. The minimum absolute atomic E-state index is 0. The third-order valence-electron chi connectivity index (χ3n) is 5.27. The molecule has 0 unspecified atom stereocenters. The van der Waals surface area contributed by atoms with Gasteiger partial charge in [-0.25, -0.2) is 14.2 Å². The number of phenols is 1. The highest BCUT2D eigenvalue weighted by Gasteiger charge is 2.14. The summed E-state index contributed by atoms with van der Waals surface area (Å²) in [5, 5.41) is 18.9. The van der Waals surface area contributed by atoms with E-state index in [0.717, 1.165) is 22.2 Å². The van der Waals surface area contributed by atoms with Gasteiger partial charge in [0.25, 0.3) is 5.56 Å². The first-order valence-corrected chi connectivity index (χ1v) is 10.2. The Morgan fingerprint density at radius 1 is 1.12 bits per heavy atom. The van der Waals surface area contributed by atoms with E-state index in [1.54, 1.807) is 28.7 Å². The van der Waals surface area contributed by atoms with Crippen molar-refractivity contribution in [1.29, 1.82) is 0 Å². The first-order chi connectivity index (χ1) is 14.8. The number of carboxylic acids is 1. The summed E-state index contributed by atoms with van der Waals surface area (Å²) in [6, 6.07) is 11.6. The number of carboxylic acid groups (broad SMARTS) is 1. The summed E-state index contributed by atoms with van der Waals surface area (Å²) in [4.78, 5) is 29.4. The van der Waals surface area contributed by atoms with E-state index in [0.29, 0.717) is 26.6 Å². The zero-order valence-electron chi connectivity index (χ0n) is 17.1. The number of benzene rings is 2. The Bertz CT molecular complexity index is 1630. The number of thiazole rings is 1. The molecule has 0 aliphatic heterocycles. The van der Waals surface area contributed by atoms with Crippen LogP contribution in [-0.4, -0.2) is 34.0 Å². The Balaban J connectivity index is 0.00000153. The van der Waals surface area contributed by atoms with Gasteiger partial charge in [-0.1, -0.05) is 18.8 Å². The zero-order valence-corrected chi connectivity index (χ0v) is 17.9. The number of nitrogens with zero attached hydrogens (tertiary/aromatic N) is 2. The highest BCUT2D eigenvalue weighted by atomic mass is 32.1. The largest absolute Gasteiger partial charge is 0.507 e. The number of aromatic carboxylic acids is 1. The van der Waals surface area contributed by atoms with Crippen molar-refractivity contribution in [3.63, 3.8) is 0 Å². The second-order valence-corrected chi connectivity index (χ2v) is 8.32. The van der Waals surface area contributed by atoms with Crippen molar-refractivity contribution in [1.82, 2.24) is 9.38 Å². The number of furan rings is 1. The summed E-state index contributed by atoms with van der Waals surface area (Å²) in [5.74, 6) is -0.657. The number of aromatic hydroxyl groups is 1. The van der Waals surface area contributed by atoms with Crippen molar-refractivity contribution in [2.45, 2.75) is 21.3 Å². The highest BCUT2D eigenvalue weighted by Crippen LogP contribution is 2.28. The van der Waals surface area contributed by atoms with Crippen LogP contribution in [0.4, 0.5) is 0 Å². The summed E-state index contributed by atoms with van der Waals surface area (Å²) in [6.45, 7) is 4.02. The van der Waals surface area contributed by atoms with Gasteiger partial charge in [0, 0.05) is 20.1 Å². The molecule has 0 spiro atoms. The van der Waals surface area contributed by atoms with E-state index < -0.39 is 5.97 Å². The van der Waals surface area contributed by atoms with Crippen LogP contribution in [0.2, 0.25) is 0 Å². The van der Waals surface area contributed by atoms with Crippen LogP contribution >= 0.6 is 11.3 Å². The fourth-order valence-electron chi connectivity index (χ4n) is 3.49. The smallest absolute Gasteiger partial charge is 0.339 e. The second kappa shape index (κ2) is 8.59. The SMILES string of the molecule is C.Cc1cc2nc3s/c(=C\c4ccc(-c5ccc(O)c(C(=O)O)c5)o4)c(=O)n3c2cc1C.[B]. The van der Waals surface area contributed by atoms with Gasteiger partial charge in [0.05, 0.1) is 11.0 Å². The molecule has 3 aromatic heterocycles. The van der Waals surface area contributed by atoms with Crippen molar-refractivity contribution in [2.24, 2.45) is 0 Å². The lowest BCUT2D eigenvalue weighted by Crippen LogP contribution is -2.22. The van der Waals surface area contributed by atoms with Gasteiger partial charge in [0.2, 0.25) is 0 Å². The molecule has 5 rings (SSSR count). The second-order valence-electron chi connectivity index (χ2n) is 7.31. The number of rotatable bonds is 3. The molecule has 33 heavy (non-hydrogen) atoms. The molecule has 0 saturated heterocycles. The molecular weight excluding hydrogens is 439 g/mol. The maximum Gasteiger partial charge on any atom is 0.339 e. The Labute approximate surface area is 194 Å². The molecule has 0 amide bonds. The summed E-state index contributed by atoms with van der Waals surface area (Å²) in [7, 11) is 0. The fraction of sp³-hybridized carbons (Fsp3) is 0.125. The number of carbonyl (C=O) groups is 1. The van der Waals surface area contributed by atoms with Crippen LogP contribution in [0.5, 0.6) is 5.75 Å². The summed E-state index contributed by atoms with van der Waals surface area (Å²) >= 11 is 1.28. The summed E-state index contributed by atoms with van der Waals surface area (Å²) < 4.78 is 7.90. The predicted octanol–water partition coefficient (Wildman–Crippen LogP) is 3.99. The summed E-state index contributed by atoms with van der Waals surface area (Å²) in [5.41, 5.74) is 3.93. The van der Waals surface area contributed by atoms with Crippen molar-refractivity contribution in [3.8, 4) is 17.1 Å². The van der Waals surface area contributed by atoms with E-state index in [-0.39, 0.29) is 32.7 Å². The Morgan fingerprint density at radius 3 is 2.58 bits per heavy atom. The molecule has 9 heteroatoms. The fourth-order valence-corrected chi connectivity index (χ4v) is 4.46. The molecule has 3 radical (unpaired) electrons. The van der Waals surface area contributed by atoms with Crippen LogP contribution in [0, 0.1) is 13.8 Å². The van der Waals surface area contributed by atoms with Crippen LogP contribution in [0.1, 0.15) is 34.7 Å². The number of hydrogen-bond donors (Lipinski definition) is 2. The van der Waals surface area contributed by atoms with E-state index >= 15 is 0 Å². The van der Waals surface area contributed by atoms with E-state index in [2.05, 4.69) is 4.98 Å². The highest BCUT2D eigenvalue weighted by molar-refractivity contribution is 7.15. The average molecular weight is 459 g/mol. The molecule has 7 nitrogen and oxygen atoms in total. The Hall–Kier alpha value is -3.85. The van der Waals surface area contributed by atoms with Gasteiger partial charge in [0.15, 0.2) is 4.96 Å². The topological polar surface area (TPSA) is 105 Å². The Kier molecular flexibility index (Phi) is 6.20. The van der Waals surface area contributed by atoms with Crippen molar-refractivity contribution in [3.05, 3.63) is 79.8 Å². The number of fused-ring (bicyclic) bond motifs is 3. The van der Waals surface area contributed by atoms with Gasteiger partial charge >= 0.3 is 5.97 Å². The molecule has 0 aliphatic rings. The molecule has 5 aromatic rings. The molecule has 0 bridgehead atoms. The number of hydrogen-bond acceptors (Lipinski definition) is 6. The quantitative estimate of drug-likeness (QED) is 0.396. The van der Waals surface area contributed by atoms with Crippen LogP contribution in [0.15, 0.2) is 51.7 Å². The number of aryl methyl sites for hydroxylation is 2. The first kappa shape index (κ1) is 23.8. The minimum atomic E-state index is -1.23. The van der Waals surface area contributed by atoms with Crippen LogP contribution in [0.3, 0.4) is 0 Å². The van der Waals surface area contributed by atoms with Crippen molar-refractivity contribution < 1.29 is 19.4 Å². The first-order valence-electron chi connectivity index (χ1n) is 9.42. The molecule has 0 atom stereocenters. The van der Waals surface area contributed by atoms with E-state index in [4.69, 9.17) is 4.42 Å². The molecule has 165 valence electrons. The van der Waals surface area contributed by atoms with Crippen LogP contribution in [-0.2, 0) is 0 Å². The standard InChI is InChI=1S/C23H16N2O5S.CH4.B/c1-11-7-16-17(8-12(11)2)25-21(27)20(31-23(25)24-16)10-14-4-6-19(30-14)13-3-5-18(26)15(9-13)22(28)29;;/h3-10,26H,1-2H3,(H,28,29);1H4;/b20-10-;;. The molecular formula is C24H20BN2O5S. The van der Waals surface area contributed by atoms with Gasteiger partial charge in [0.1, 0.15) is 27.4 Å². The molecule has 0 saturated carbocycles. The van der Waals surface area contributed by atoms with Crippen LogP contribution < -0.4 is 10.1 Å². The zero-order chi connectivity index (χ0) is 21.9. The third-order valence-corrected chi connectivity index (χ3v) is 6.23. The lowest BCUT2D eigenvalue weighted by Gasteiger charge is -2.02. The van der Waals surface area contributed by atoms with Gasteiger partial charge in [-0.3, -0.25) is 4.79 Å². The normalized spacial score (nSPS) is 11.5. The van der Waals surface area contributed by atoms with E-state index in [1.807, 2.05) is 26.0 Å². The monoisotopic (exact) mass is 459 g/mol. The third kappa shape index (κ3) is 3.91. The van der Waals surface area contributed by atoms with Crippen molar-refractivity contribution in [2.75, 3.05) is 0 Å². The van der Waals surface area contributed by atoms with Gasteiger partial charge in [-0.15, -0.1) is 0 Å². The number of imidazole rings is 1. The molecule has 2 N–H and O–H groups in total. The van der Waals surface area contributed by atoms with Crippen molar-refractivity contribution >= 4 is 47.8 Å². The maximum atomic E-state index is 13.0. The van der Waals surface area contributed by atoms with Gasteiger partial charge in [-0.05, 0) is 67.4 Å². The maximum absolute atomic E-state index is 13.0. The Morgan fingerprint density at radius 2 is 1.85 bits per heavy atom. The lowest BCUT2D eigenvalue weighted by atomic mass is 10.1. The molecule has 3 heterocycles. The predicted molar refractivity (Wildman–Crippen MR) is 130 cm³/mol. The molecule has 2 aromatic carbocycles. The van der Waals surface area contributed by atoms with Crippen LogP contribution in [0.25, 0.3) is 33.4 Å². The van der Waals surface area contributed by atoms with E-state index in [1.165, 1.54) is 23.5 Å². The van der Waals surface area contributed by atoms with E-state index in [9.17, 15) is 19.8 Å². The molecule has 0 fully saturated rings. The minimum Gasteiger partial charge on any atom is -0.507 e. The lowest BCUT2D eigenvalue weighted by molar-refractivity contribution is 0.0694. The molecule has 0 aliphatic carbocycles. The van der Waals surface area contributed by atoms with Gasteiger partial charge in [-0.2, -0.15) is 0 Å².